The number of rotatable bonds is 12. The van der Waals surface area contributed by atoms with Crippen molar-refractivity contribution in [1.29, 1.82) is 0 Å². The number of nitrogens with two attached hydrogens (primary N) is 1. The maximum atomic E-state index is 12.8. The fourth-order valence-electron chi connectivity index (χ4n) is 5.12. The number of nitrogens with zero attached hydrogens (tertiary/aromatic N) is 1. The van der Waals surface area contributed by atoms with Gasteiger partial charge in [0.05, 0.1) is 24.8 Å². The second-order valence-electron chi connectivity index (χ2n) is 11.1. The first-order chi connectivity index (χ1) is 22.6. The molecule has 1 saturated carbocycles. The maximum absolute atomic E-state index is 12.8. The van der Waals surface area contributed by atoms with E-state index < -0.39 is 23.8 Å². The minimum atomic E-state index is -4.45. The molecule has 0 aliphatic heterocycles. The number of hydrogen-bond acceptors (Lipinski definition) is 8. The number of urea groups is 1. The summed E-state index contributed by atoms with van der Waals surface area (Å²) in [6.07, 6.45) is 2.22. The van der Waals surface area contributed by atoms with Gasteiger partial charge in [-0.15, -0.1) is 0 Å². The van der Waals surface area contributed by atoms with Gasteiger partial charge in [-0.05, 0) is 99.2 Å². The summed E-state index contributed by atoms with van der Waals surface area (Å²) in [5.74, 6) is 0.708. The Balaban J connectivity index is 1.15. The number of anilines is 2. The molecule has 3 aromatic carbocycles. The molecule has 1 heterocycles. The summed E-state index contributed by atoms with van der Waals surface area (Å²) in [7, 11) is 1.56. The van der Waals surface area contributed by atoms with Crippen molar-refractivity contribution in [3.05, 3.63) is 78.5 Å². The minimum Gasteiger partial charge on any atom is -0.493 e. The van der Waals surface area contributed by atoms with Crippen LogP contribution in [0.4, 0.5) is 29.3 Å². The van der Waals surface area contributed by atoms with E-state index in [1.54, 1.807) is 25.4 Å². The highest BCUT2D eigenvalue weighted by Crippen LogP contribution is 2.39. The monoisotopic (exact) mass is 668 g/mol. The number of halogens is 3. The number of fused-ring (bicyclic) bond motifs is 1. The molecule has 13 heteroatoms. The number of carbonyl (C=O) groups is 2. The normalized spacial score (nSPS) is 14.1. The van der Waals surface area contributed by atoms with Gasteiger partial charge in [0.1, 0.15) is 12.1 Å². The van der Waals surface area contributed by atoms with Crippen LogP contribution in [0.5, 0.6) is 11.5 Å². The Kier molecular flexibility index (Phi) is 11.1. The molecular weight excluding hydrogens is 633 g/mol. The van der Waals surface area contributed by atoms with Gasteiger partial charge >= 0.3 is 18.2 Å². The number of ether oxygens (including phenoxy) is 3. The standard InChI is InChI=1S/C34H35F3N4O5S/c1-44-29-19-26-28(20-30(29)45-18-4-7-27(38)32(42)46-24-5-2-3-6-24)39-17-16-31(26)47-25-14-12-23(13-15-25)41-33(43)40-22-10-8-21(9-11-22)34(35,36)37/h8-17,19-20,24,27H,2-7,18,38H2,1H3,(H2,40,41,43)/t27-/m1/s1. The largest absolute Gasteiger partial charge is 0.493 e. The lowest BCUT2D eigenvalue weighted by atomic mass is 10.1. The van der Waals surface area contributed by atoms with Gasteiger partial charge in [-0.3, -0.25) is 9.78 Å². The van der Waals surface area contributed by atoms with E-state index in [0.29, 0.717) is 42.2 Å². The van der Waals surface area contributed by atoms with Gasteiger partial charge in [0, 0.05) is 38.8 Å². The Morgan fingerprint density at radius 1 is 0.979 bits per heavy atom. The lowest BCUT2D eigenvalue weighted by molar-refractivity contribution is -0.150. The fourth-order valence-corrected chi connectivity index (χ4v) is 6.05. The van der Waals surface area contributed by atoms with E-state index in [4.69, 9.17) is 19.9 Å². The molecule has 2 amide bonds. The average molecular weight is 669 g/mol. The molecule has 5 rings (SSSR count). The van der Waals surface area contributed by atoms with Crippen molar-refractivity contribution in [3.63, 3.8) is 0 Å². The number of nitrogens with one attached hydrogen (secondary N) is 2. The molecule has 47 heavy (non-hydrogen) atoms. The number of aromatic nitrogens is 1. The van der Waals surface area contributed by atoms with Crippen LogP contribution in [0.25, 0.3) is 10.9 Å². The number of amides is 2. The third-order valence-corrected chi connectivity index (χ3v) is 8.69. The number of benzene rings is 3. The zero-order valence-electron chi connectivity index (χ0n) is 25.6. The molecule has 9 nitrogen and oxygen atoms in total. The van der Waals surface area contributed by atoms with Crippen LogP contribution in [0, 0.1) is 0 Å². The Bertz CT molecular complexity index is 1680. The van der Waals surface area contributed by atoms with E-state index in [1.807, 2.05) is 30.3 Å². The Hall–Kier alpha value is -4.49. The summed E-state index contributed by atoms with van der Waals surface area (Å²) in [6.45, 7) is 0.337. The van der Waals surface area contributed by atoms with Gasteiger partial charge in [-0.2, -0.15) is 13.2 Å². The van der Waals surface area contributed by atoms with Crippen LogP contribution in [0.2, 0.25) is 0 Å². The van der Waals surface area contributed by atoms with Crippen LogP contribution in [0.3, 0.4) is 0 Å². The average Bonchev–Trinajstić information content (AvgIpc) is 3.56. The zero-order chi connectivity index (χ0) is 33.4. The Morgan fingerprint density at radius 3 is 2.28 bits per heavy atom. The number of carbonyl (C=O) groups excluding carboxylic acids is 2. The first-order valence-corrected chi connectivity index (χ1v) is 16.0. The van der Waals surface area contributed by atoms with E-state index in [2.05, 4.69) is 15.6 Å². The molecule has 1 aromatic heterocycles. The van der Waals surface area contributed by atoms with Gasteiger partial charge in [0.15, 0.2) is 11.5 Å². The summed E-state index contributed by atoms with van der Waals surface area (Å²) >= 11 is 1.50. The van der Waals surface area contributed by atoms with Crippen LogP contribution in [-0.4, -0.2) is 42.8 Å². The fraction of sp³-hybridized carbons (Fsp3) is 0.324. The lowest BCUT2D eigenvalue weighted by Gasteiger charge is -2.16. The second kappa shape index (κ2) is 15.4. The van der Waals surface area contributed by atoms with Crippen molar-refractivity contribution in [2.24, 2.45) is 5.73 Å². The van der Waals surface area contributed by atoms with Crippen LogP contribution in [-0.2, 0) is 15.7 Å². The highest BCUT2D eigenvalue weighted by molar-refractivity contribution is 7.99. The number of hydrogen-bond donors (Lipinski definition) is 3. The van der Waals surface area contributed by atoms with E-state index in [-0.39, 0.29) is 17.8 Å². The lowest BCUT2D eigenvalue weighted by Crippen LogP contribution is -2.34. The number of methoxy groups -OCH3 is 1. The second-order valence-corrected chi connectivity index (χ2v) is 12.2. The number of esters is 1. The SMILES string of the molecule is COc1cc2c(Sc3ccc(NC(=O)Nc4ccc(C(F)(F)F)cc4)cc3)ccnc2cc1OCCC[C@@H](N)C(=O)OC1CCCC1. The molecule has 4 N–H and O–H groups in total. The smallest absolute Gasteiger partial charge is 0.416 e. The highest BCUT2D eigenvalue weighted by atomic mass is 32.2. The predicted molar refractivity (Wildman–Crippen MR) is 174 cm³/mol. The van der Waals surface area contributed by atoms with Crippen LogP contribution in [0.1, 0.15) is 44.1 Å². The molecule has 1 aliphatic carbocycles. The molecule has 1 atom stereocenters. The third-order valence-electron chi connectivity index (χ3n) is 7.60. The van der Waals surface area contributed by atoms with Crippen molar-refractivity contribution < 1.29 is 37.0 Å². The number of alkyl halides is 3. The first kappa shape index (κ1) is 33.9. The van der Waals surface area contributed by atoms with E-state index in [1.165, 1.54) is 23.9 Å². The summed E-state index contributed by atoms with van der Waals surface area (Å²) in [5, 5.41) is 6.05. The summed E-state index contributed by atoms with van der Waals surface area (Å²) < 4.78 is 55.4. The van der Waals surface area contributed by atoms with Crippen LogP contribution in [0.15, 0.2) is 82.7 Å². The molecule has 0 unspecified atom stereocenters. The van der Waals surface area contributed by atoms with Crippen LogP contribution < -0.4 is 25.8 Å². The van der Waals surface area contributed by atoms with Gasteiger partial charge in [0.2, 0.25) is 0 Å². The molecule has 0 spiro atoms. The number of pyridine rings is 1. The summed E-state index contributed by atoms with van der Waals surface area (Å²) in [5.41, 5.74) is 6.70. The molecular formula is C34H35F3N4O5S. The van der Waals surface area contributed by atoms with Crippen molar-refractivity contribution in [3.8, 4) is 11.5 Å². The zero-order valence-corrected chi connectivity index (χ0v) is 26.5. The molecule has 248 valence electrons. The van der Waals surface area contributed by atoms with Gasteiger partial charge in [-0.1, -0.05) is 11.8 Å². The van der Waals surface area contributed by atoms with Gasteiger partial charge in [0.25, 0.3) is 0 Å². The molecule has 0 radical (unpaired) electrons. The molecule has 4 aromatic rings. The van der Waals surface area contributed by atoms with Crippen molar-refractivity contribution in [2.45, 2.75) is 66.6 Å². The van der Waals surface area contributed by atoms with Gasteiger partial charge in [-0.25, -0.2) is 4.79 Å². The molecule has 1 fully saturated rings. The maximum Gasteiger partial charge on any atom is 0.416 e. The summed E-state index contributed by atoms with van der Waals surface area (Å²) in [6, 6.07) is 15.6. The quantitative estimate of drug-likeness (QED) is 0.102. The minimum absolute atomic E-state index is 0.0111. The van der Waals surface area contributed by atoms with Gasteiger partial charge < -0.3 is 30.6 Å². The van der Waals surface area contributed by atoms with E-state index in [0.717, 1.165) is 53.0 Å². The molecule has 1 aliphatic rings. The van der Waals surface area contributed by atoms with E-state index >= 15 is 0 Å². The summed E-state index contributed by atoms with van der Waals surface area (Å²) in [4.78, 5) is 31.0. The topological polar surface area (TPSA) is 125 Å². The highest BCUT2D eigenvalue weighted by Gasteiger charge is 2.30. The Morgan fingerprint density at radius 2 is 1.64 bits per heavy atom. The van der Waals surface area contributed by atoms with Crippen molar-refractivity contribution >= 4 is 46.0 Å². The molecule has 0 saturated heterocycles. The first-order valence-electron chi connectivity index (χ1n) is 15.2. The van der Waals surface area contributed by atoms with Crippen molar-refractivity contribution in [1.82, 2.24) is 4.98 Å². The van der Waals surface area contributed by atoms with Crippen LogP contribution >= 0.6 is 11.8 Å². The molecule has 0 bridgehead atoms. The third kappa shape index (κ3) is 9.29. The van der Waals surface area contributed by atoms with E-state index in [9.17, 15) is 22.8 Å². The van der Waals surface area contributed by atoms with Crippen molar-refractivity contribution in [2.75, 3.05) is 24.4 Å². The Labute approximate surface area is 274 Å². The predicted octanol–water partition coefficient (Wildman–Crippen LogP) is 8.03.